The Balaban J connectivity index is 1.69. The Bertz CT molecular complexity index is 1110. The molecular weight excluding hydrogens is 338 g/mol. The number of hydrogen-bond acceptors (Lipinski definition) is 4. The molecular formula is C21H16N5O+. The van der Waals surface area contributed by atoms with Crippen LogP contribution in [-0.4, -0.2) is 22.1 Å². The number of carbonyl (C=O) groups excluding carboxylic acids is 1. The second-order valence-corrected chi connectivity index (χ2v) is 5.84. The average Bonchev–Trinajstić information content (AvgIpc) is 2.74. The number of hydrazone groups is 1. The van der Waals surface area contributed by atoms with Crippen LogP contribution in [0.25, 0.3) is 22.2 Å². The molecule has 0 saturated carbocycles. The number of aromatic nitrogens is 3. The Hall–Kier alpha value is -3.93. The minimum Gasteiger partial charge on any atom is -0.267 e. The summed E-state index contributed by atoms with van der Waals surface area (Å²) < 4.78 is 0. The standard InChI is InChI=1S/C21H15N5O/c27-21(26-24-14-15-5-9-22-10-6-15)18-13-20(16-7-11-23-12-8-16)25-19-4-2-1-3-17(18)19/h1-14H,(H,26,27)/p+1. The van der Waals surface area contributed by atoms with Crippen molar-refractivity contribution in [3.63, 3.8) is 0 Å². The maximum Gasteiger partial charge on any atom is 0.272 e. The molecule has 0 radical (unpaired) electrons. The van der Waals surface area contributed by atoms with Crippen molar-refractivity contribution in [1.82, 2.24) is 15.4 Å². The molecule has 0 fully saturated rings. The van der Waals surface area contributed by atoms with Crippen molar-refractivity contribution in [2.24, 2.45) is 5.10 Å². The highest BCUT2D eigenvalue weighted by Crippen LogP contribution is 2.24. The number of carbonyl (C=O) groups is 1. The summed E-state index contributed by atoms with van der Waals surface area (Å²) in [5.74, 6) is -0.289. The van der Waals surface area contributed by atoms with E-state index in [4.69, 9.17) is 0 Å². The highest BCUT2D eigenvalue weighted by Gasteiger charge is 2.13. The highest BCUT2D eigenvalue weighted by atomic mass is 16.2. The second-order valence-electron chi connectivity index (χ2n) is 5.84. The number of para-hydroxylation sites is 1. The molecule has 0 atom stereocenters. The van der Waals surface area contributed by atoms with E-state index < -0.39 is 0 Å². The van der Waals surface area contributed by atoms with E-state index in [1.54, 1.807) is 24.7 Å². The van der Waals surface area contributed by atoms with Gasteiger partial charge >= 0.3 is 0 Å². The molecule has 0 spiro atoms. The van der Waals surface area contributed by atoms with Crippen LogP contribution in [0.15, 0.2) is 84.5 Å². The lowest BCUT2D eigenvalue weighted by Gasteiger charge is -2.08. The van der Waals surface area contributed by atoms with Crippen LogP contribution in [0.1, 0.15) is 15.9 Å². The number of amides is 1. The first-order valence-corrected chi connectivity index (χ1v) is 8.41. The predicted octanol–water partition coefficient (Wildman–Crippen LogP) is 2.87. The Morgan fingerprint density at radius 1 is 1.04 bits per heavy atom. The highest BCUT2D eigenvalue weighted by molar-refractivity contribution is 6.07. The van der Waals surface area contributed by atoms with Gasteiger partial charge in [-0.3, -0.25) is 9.78 Å². The van der Waals surface area contributed by atoms with Gasteiger partial charge in [-0.05, 0) is 29.8 Å². The summed E-state index contributed by atoms with van der Waals surface area (Å²) in [6.07, 6.45) is 8.57. The number of nitrogens with zero attached hydrogens (tertiary/aromatic N) is 3. The largest absolute Gasteiger partial charge is 0.272 e. The van der Waals surface area contributed by atoms with E-state index >= 15 is 0 Å². The minimum absolute atomic E-state index is 0.289. The summed E-state index contributed by atoms with van der Waals surface area (Å²) in [6.45, 7) is 0. The van der Waals surface area contributed by atoms with Gasteiger partial charge in [0.2, 0.25) is 0 Å². The number of H-pyrrole nitrogens is 1. The first-order valence-electron chi connectivity index (χ1n) is 8.41. The number of fused-ring (bicyclic) bond motifs is 1. The van der Waals surface area contributed by atoms with Crippen LogP contribution in [0.2, 0.25) is 0 Å². The molecule has 4 aromatic rings. The van der Waals surface area contributed by atoms with Crippen LogP contribution in [0.4, 0.5) is 0 Å². The average molecular weight is 354 g/mol. The van der Waals surface area contributed by atoms with E-state index in [1.807, 2.05) is 60.9 Å². The van der Waals surface area contributed by atoms with Crippen LogP contribution in [-0.2, 0) is 0 Å². The van der Waals surface area contributed by atoms with E-state index in [0.717, 1.165) is 27.7 Å². The van der Waals surface area contributed by atoms with E-state index in [1.165, 1.54) is 0 Å². The number of hydrogen-bond donors (Lipinski definition) is 1. The van der Waals surface area contributed by atoms with Gasteiger partial charge in [0, 0.05) is 35.5 Å². The molecule has 1 amide bonds. The van der Waals surface area contributed by atoms with Crippen molar-refractivity contribution in [2.75, 3.05) is 0 Å². The van der Waals surface area contributed by atoms with Gasteiger partial charge < -0.3 is 0 Å². The molecule has 27 heavy (non-hydrogen) atoms. The summed E-state index contributed by atoms with van der Waals surface area (Å²) >= 11 is 0. The van der Waals surface area contributed by atoms with Crippen molar-refractivity contribution >= 4 is 23.0 Å². The molecule has 6 nitrogen and oxygen atoms in total. The van der Waals surface area contributed by atoms with Crippen LogP contribution in [0, 0.1) is 0 Å². The molecule has 130 valence electrons. The summed E-state index contributed by atoms with van der Waals surface area (Å²) in [6, 6.07) is 16.8. The van der Waals surface area contributed by atoms with E-state index in [0.29, 0.717) is 5.56 Å². The zero-order valence-electron chi connectivity index (χ0n) is 14.3. The number of nitrogens with one attached hydrogen (secondary N) is 2. The van der Waals surface area contributed by atoms with Crippen molar-refractivity contribution in [2.45, 2.75) is 0 Å². The lowest BCUT2D eigenvalue weighted by molar-refractivity contribution is -0.377. The zero-order chi connectivity index (χ0) is 18.5. The number of benzene rings is 1. The molecule has 6 heteroatoms. The predicted molar refractivity (Wildman–Crippen MR) is 103 cm³/mol. The fourth-order valence-corrected chi connectivity index (χ4v) is 2.74. The maximum atomic E-state index is 12.8. The first-order chi connectivity index (χ1) is 13.3. The molecule has 0 aliphatic rings. The number of rotatable bonds is 4. The summed E-state index contributed by atoms with van der Waals surface area (Å²) in [5, 5.41) is 4.83. The van der Waals surface area contributed by atoms with Crippen LogP contribution < -0.4 is 10.4 Å². The minimum atomic E-state index is -0.289. The third-order valence-corrected chi connectivity index (χ3v) is 4.06. The third-order valence-electron chi connectivity index (χ3n) is 4.06. The molecule has 0 unspecified atom stereocenters. The van der Waals surface area contributed by atoms with Gasteiger partial charge in [0.15, 0.2) is 12.4 Å². The maximum absolute atomic E-state index is 12.8. The van der Waals surface area contributed by atoms with Gasteiger partial charge in [-0.2, -0.15) is 5.10 Å². The Labute approximate surface area is 155 Å². The van der Waals surface area contributed by atoms with Gasteiger partial charge in [-0.15, -0.1) is 0 Å². The molecule has 0 aliphatic carbocycles. The van der Waals surface area contributed by atoms with Gasteiger partial charge in [-0.1, -0.05) is 18.2 Å². The fraction of sp³-hybridized carbons (Fsp3) is 0. The van der Waals surface area contributed by atoms with E-state index in [2.05, 4.69) is 25.5 Å². The monoisotopic (exact) mass is 354 g/mol. The molecule has 0 bridgehead atoms. The molecule has 0 saturated heterocycles. The lowest BCUT2D eigenvalue weighted by atomic mass is 10.0. The second kappa shape index (κ2) is 7.53. The SMILES string of the molecule is O=C(NN=Cc1ccncc1)c1cc(-c2cc[nH+]cc2)nc2ccccc12. The normalized spacial score (nSPS) is 11.0. The Morgan fingerprint density at radius 2 is 1.81 bits per heavy atom. The first kappa shape index (κ1) is 16.5. The topological polar surface area (TPSA) is 81.4 Å². The van der Waals surface area contributed by atoms with Crippen molar-refractivity contribution < 1.29 is 9.78 Å². The molecule has 4 rings (SSSR count). The zero-order valence-corrected chi connectivity index (χ0v) is 14.3. The summed E-state index contributed by atoms with van der Waals surface area (Å²) in [7, 11) is 0. The quantitative estimate of drug-likeness (QED) is 0.452. The summed E-state index contributed by atoms with van der Waals surface area (Å²) in [4.78, 5) is 24.4. The van der Waals surface area contributed by atoms with Gasteiger partial charge in [0.1, 0.15) is 0 Å². The van der Waals surface area contributed by atoms with Crippen LogP contribution >= 0.6 is 0 Å². The molecule has 1 aromatic carbocycles. The smallest absolute Gasteiger partial charge is 0.267 e. The van der Waals surface area contributed by atoms with Crippen LogP contribution in [0.5, 0.6) is 0 Å². The Kier molecular flexibility index (Phi) is 4.61. The van der Waals surface area contributed by atoms with Gasteiger partial charge in [-0.25, -0.2) is 15.4 Å². The van der Waals surface area contributed by atoms with Crippen LogP contribution in [0.3, 0.4) is 0 Å². The lowest BCUT2D eigenvalue weighted by Crippen LogP contribution is -2.18. The number of aromatic amines is 1. The Morgan fingerprint density at radius 3 is 2.63 bits per heavy atom. The molecule has 2 N–H and O–H groups in total. The number of pyridine rings is 3. The van der Waals surface area contributed by atoms with Crippen molar-refractivity contribution in [3.05, 3.63) is 90.5 Å². The molecule has 3 heterocycles. The van der Waals surface area contributed by atoms with Gasteiger partial charge in [0.25, 0.3) is 5.91 Å². The van der Waals surface area contributed by atoms with Crippen molar-refractivity contribution in [3.8, 4) is 11.3 Å². The molecule has 0 aliphatic heterocycles. The van der Waals surface area contributed by atoms with E-state index in [9.17, 15) is 4.79 Å². The van der Waals surface area contributed by atoms with E-state index in [-0.39, 0.29) is 5.91 Å². The molecule has 3 aromatic heterocycles. The van der Waals surface area contributed by atoms with Gasteiger partial charge in [0.05, 0.1) is 23.0 Å². The van der Waals surface area contributed by atoms with Crippen molar-refractivity contribution in [1.29, 1.82) is 0 Å². The third kappa shape index (κ3) is 3.69. The summed E-state index contributed by atoms with van der Waals surface area (Å²) in [5.41, 5.74) is 6.38. The fourth-order valence-electron chi connectivity index (χ4n) is 2.74.